The molecule has 0 fully saturated rings. The van der Waals surface area contributed by atoms with Crippen LogP contribution >= 0.6 is 0 Å². The van der Waals surface area contributed by atoms with Crippen LogP contribution in [0.15, 0.2) is 24.3 Å². The molecule has 4 nitrogen and oxygen atoms in total. The second kappa shape index (κ2) is 7.71. The molecule has 0 aromatic heterocycles. The highest BCUT2D eigenvalue weighted by atomic mass is 16.1. The van der Waals surface area contributed by atoms with E-state index in [9.17, 15) is 4.79 Å². The van der Waals surface area contributed by atoms with Crippen molar-refractivity contribution in [3.8, 4) is 0 Å². The van der Waals surface area contributed by atoms with Crippen molar-refractivity contribution in [1.29, 1.82) is 0 Å². The van der Waals surface area contributed by atoms with Gasteiger partial charge >= 0.3 is 0 Å². The maximum Gasteiger partial charge on any atom is 0.221 e. The predicted octanol–water partition coefficient (Wildman–Crippen LogP) is 1.15. The zero-order chi connectivity index (χ0) is 13.4. The quantitative estimate of drug-likeness (QED) is 0.713. The molecule has 0 saturated heterocycles. The zero-order valence-electron chi connectivity index (χ0n) is 11.3. The van der Waals surface area contributed by atoms with Gasteiger partial charge in [-0.1, -0.05) is 12.1 Å². The lowest BCUT2D eigenvalue weighted by Crippen LogP contribution is -2.26. The number of carbonyl (C=O) groups excluding carboxylic acids is 1. The van der Waals surface area contributed by atoms with Gasteiger partial charge in [0.1, 0.15) is 0 Å². The summed E-state index contributed by atoms with van der Waals surface area (Å²) in [7, 11) is 4.06. The fraction of sp³-hybridized carbons (Fsp3) is 0.500. The Labute approximate surface area is 109 Å². The van der Waals surface area contributed by atoms with Gasteiger partial charge in [-0.05, 0) is 30.5 Å². The van der Waals surface area contributed by atoms with Crippen LogP contribution in [0.3, 0.4) is 0 Å². The molecule has 1 amide bonds. The molecule has 0 spiro atoms. The topological polar surface area (TPSA) is 58.4 Å². The fourth-order valence-electron chi connectivity index (χ4n) is 1.70. The Hall–Kier alpha value is -1.55. The lowest BCUT2D eigenvalue weighted by molar-refractivity contribution is -0.120. The second-order valence-electron chi connectivity index (χ2n) is 4.55. The van der Waals surface area contributed by atoms with Crippen molar-refractivity contribution < 1.29 is 4.79 Å². The number of carbonyl (C=O) groups is 1. The fourth-order valence-corrected chi connectivity index (χ4v) is 1.70. The van der Waals surface area contributed by atoms with Crippen LogP contribution in [0.2, 0.25) is 0 Å². The summed E-state index contributed by atoms with van der Waals surface area (Å²) in [5, 5.41) is 2.86. The molecular weight excluding hydrogens is 226 g/mol. The Morgan fingerprint density at radius 2 is 1.94 bits per heavy atom. The lowest BCUT2D eigenvalue weighted by Gasteiger charge is -2.12. The Bertz CT molecular complexity index is 360. The highest BCUT2D eigenvalue weighted by Crippen LogP contribution is 2.13. The summed E-state index contributed by atoms with van der Waals surface area (Å²) >= 11 is 0. The minimum Gasteiger partial charge on any atom is -0.378 e. The molecule has 1 aromatic carbocycles. The molecule has 0 heterocycles. The van der Waals surface area contributed by atoms with E-state index in [1.165, 1.54) is 11.3 Å². The van der Waals surface area contributed by atoms with Crippen LogP contribution in [0.25, 0.3) is 0 Å². The molecule has 0 aliphatic heterocycles. The van der Waals surface area contributed by atoms with Crippen LogP contribution < -0.4 is 16.0 Å². The first-order valence-corrected chi connectivity index (χ1v) is 6.36. The monoisotopic (exact) mass is 249 g/mol. The number of rotatable bonds is 7. The summed E-state index contributed by atoms with van der Waals surface area (Å²) in [5.74, 6) is 0.0421. The Balaban J connectivity index is 2.25. The van der Waals surface area contributed by atoms with Gasteiger partial charge in [-0.25, -0.2) is 0 Å². The predicted molar refractivity (Wildman–Crippen MR) is 75.8 cm³/mol. The normalized spacial score (nSPS) is 10.2. The maximum absolute atomic E-state index is 11.2. The van der Waals surface area contributed by atoms with Crippen LogP contribution in [0, 0.1) is 0 Å². The van der Waals surface area contributed by atoms with Crippen molar-refractivity contribution >= 4 is 11.6 Å². The minimum atomic E-state index is 0.0421. The van der Waals surface area contributed by atoms with Crippen molar-refractivity contribution in [1.82, 2.24) is 5.32 Å². The number of nitrogens with two attached hydrogens (primary N) is 1. The molecule has 0 saturated carbocycles. The van der Waals surface area contributed by atoms with Gasteiger partial charge in [0, 0.05) is 39.3 Å². The summed E-state index contributed by atoms with van der Waals surface area (Å²) < 4.78 is 0. The van der Waals surface area contributed by atoms with E-state index in [0.29, 0.717) is 19.5 Å². The van der Waals surface area contributed by atoms with Gasteiger partial charge in [0.05, 0.1) is 0 Å². The van der Waals surface area contributed by atoms with E-state index in [2.05, 4.69) is 34.5 Å². The molecule has 3 N–H and O–H groups in total. The molecule has 1 aromatic rings. The second-order valence-corrected chi connectivity index (χ2v) is 4.55. The summed E-state index contributed by atoms with van der Waals surface area (Å²) in [5.41, 5.74) is 7.80. The van der Waals surface area contributed by atoms with Crippen molar-refractivity contribution in [2.45, 2.75) is 19.3 Å². The first kappa shape index (κ1) is 14.5. The molecule has 0 atom stereocenters. The van der Waals surface area contributed by atoms with Gasteiger partial charge in [-0.3, -0.25) is 4.79 Å². The first-order valence-electron chi connectivity index (χ1n) is 6.36. The number of nitrogens with zero attached hydrogens (tertiary/aromatic N) is 1. The molecule has 1 rings (SSSR count). The number of hydrogen-bond acceptors (Lipinski definition) is 3. The number of anilines is 1. The van der Waals surface area contributed by atoms with Gasteiger partial charge in [0.25, 0.3) is 0 Å². The summed E-state index contributed by atoms with van der Waals surface area (Å²) in [6.45, 7) is 1.13. The Morgan fingerprint density at radius 3 is 2.50 bits per heavy atom. The molecular formula is C14H23N3O. The highest BCUT2D eigenvalue weighted by molar-refractivity contribution is 5.75. The molecule has 0 aliphatic carbocycles. The number of aryl methyl sites for hydroxylation is 1. The van der Waals surface area contributed by atoms with Crippen molar-refractivity contribution in [3.63, 3.8) is 0 Å². The number of benzene rings is 1. The number of amides is 1. The standard InChI is InChI=1S/C14H23N3O/c1-17(2)13-7-5-12(6-8-13)4-3-11-16-14(18)9-10-15/h5-8H,3-4,9-11,15H2,1-2H3,(H,16,18). The first-order chi connectivity index (χ1) is 8.63. The van der Waals surface area contributed by atoms with Gasteiger partial charge < -0.3 is 16.0 Å². The highest BCUT2D eigenvalue weighted by Gasteiger charge is 1.99. The van der Waals surface area contributed by atoms with Crippen LogP contribution in [-0.4, -0.2) is 33.1 Å². The molecule has 18 heavy (non-hydrogen) atoms. The van der Waals surface area contributed by atoms with E-state index in [-0.39, 0.29) is 5.91 Å². The van der Waals surface area contributed by atoms with Gasteiger partial charge in [-0.2, -0.15) is 0 Å². The minimum absolute atomic E-state index is 0.0421. The van der Waals surface area contributed by atoms with E-state index in [1.54, 1.807) is 0 Å². The molecule has 0 radical (unpaired) electrons. The number of hydrogen-bond donors (Lipinski definition) is 2. The molecule has 0 bridgehead atoms. The van der Waals surface area contributed by atoms with E-state index in [1.807, 2.05) is 14.1 Å². The Kier molecular flexibility index (Phi) is 6.22. The van der Waals surface area contributed by atoms with Gasteiger partial charge in [-0.15, -0.1) is 0 Å². The van der Waals surface area contributed by atoms with E-state index in [4.69, 9.17) is 5.73 Å². The average molecular weight is 249 g/mol. The summed E-state index contributed by atoms with van der Waals surface area (Å²) in [4.78, 5) is 13.3. The molecule has 100 valence electrons. The smallest absolute Gasteiger partial charge is 0.221 e. The Morgan fingerprint density at radius 1 is 1.28 bits per heavy atom. The van der Waals surface area contributed by atoms with Crippen LogP contribution in [0.4, 0.5) is 5.69 Å². The average Bonchev–Trinajstić information content (AvgIpc) is 2.35. The third kappa shape index (κ3) is 5.19. The van der Waals surface area contributed by atoms with E-state index >= 15 is 0 Å². The molecule has 0 aliphatic rings. The van der Waals surface area contributed by atoms with Gasteiger partial charge in [0.15, 0.2) is 0 Å². The van der Waals surface area contributed by atoms with Crippen LogP contribution in [-0.2, 0) is 11.2 Å². The van der Waals surface area contributed by atoms with Crippen molar-refractivity contribution in [2.75, 3.05) is 32.1 Å². The summed E-state index contributed by atoms with van der Waals surface area (Å²) in [6.07, 6.45) is 2.35. The van der Waals surface area contributed by atoms with Crippen molar-refractivity contribution in [2.24, 2.45) is 5.73 Å². The summed E-state index contributed by atoms with van der Waals surface area (Å²) in [6, 6.07) is 8.50. The van der Waals surface area contributed by atoms with Crippen LogP contribution in [0.1, 0.15) is 18.4 Å². The van der Waals surface area contributed by atoms with E-state index in [0.717, 1.165) is 12.8 Å². The van der Waals surface area contributed by atoms with E-state index < -0.39 is 0 Å². The largest absolute Gasteiger partial charge is 0.378 e. The van der Waals surface area contributed by atoms with Gasteiger partial charge in [0.2, 0.25) is 5.91 Å². The lowest BCUT2D eigenvalue weighted by atomic mass is 10.1. The van der Waals surface area contributed by atoms with Crippen LogP contribution in [0.5, 0.6) is 0 Å². The molecule has 4 heteroatoms. The van der Waals surface area contributed by atoms with Crippen molar-refractivity contribution in [3.05, 3.63) is 29.8 Å². The SMILES string of the molecule is CN(C)c1ccc(CCCNC(=O)CCN)cc1. The maximum atomic E-state index is 11.2. The molecule has 0 unspecified atom stereocenters. The zero-order valence-corrected chi connectivity index (χ0v) is 11.3. The third-order valence-corrected chi connectivity index (χ3v) is 2.79. The third-order valence-electron chi connectivity index (χ3n) is 2.79. The number of nitrogens with one attached hydrogen (secondary N) is 1.